The highest BCUT2D eigenvalue weighted by Gasteiger charge is 2.59. The molecule has 0 aromatic carbocycles. The number of nitrogen functional groups attached to an aromatic ring is 1. The van der Waals surface area contributed by atoms with Crippen LogP contribution in [0.4, 0.5) is 5.82 Å². The van der Waals surface area contributed by atoms with E-state index in [1.54, 1.807) is 30.8 Å². The first-order valence-corrected chi connectivity index (χ1v) is 9.77. The molecule has 0 radical (unpaired) electrons. The van der Waals surface area contributed by atoms with Gasteiger partial charge in [-0.05, 0) is 24.3 Å². The normalized spacial score (nSPS) is 27.2. The van der Waals surface area contributed by atoms with Crippen LogP contribution in [0.5, 0.6) is 0 Å². The lowest BCUT2D eigenvalue weighted by Gasteiger charge is -2.57. The van der Waals surface area contributed by atoms with Crippen LogP contribution < -0.4 is 5.73 Å². The van der Waals surface area contributed by atoms with Crippen molar-refractivity contribution in [1.82, 2.24) is 9.97 Å². The van der Waals surface area contributed by atoms with Gasteiger partial charge in [0.05, 0.1) is 17.9 Å². The van der Waals surface area contributed by atoms with Crippen LogP contribution in [0.2, 0.25) is 0 Å². The fourth-order valence-corrected chi connectivity index (χ4v) is 5.16. The second kappa shape index (κ2) is 5.82. The summed E-state index contributed by atoms with van der Waals surface area (Å²) in [5.74, 6) is 0.447. The second-order valence-corrected chi connectivity index (χ2v) is 8.48. The summed E-state index contributed by atoms with van der Waals surface area (Å²) in [6.45, 7) is 0.813. The smallest absolute Gasteiger partial charge is 0.132 e. The van der Waals surface area contributed by atoms with Crippen LogP contribution in [0.25, 0.3) is 21.5 Å². The van der Waals surface area contributed by atoms with Gasteiger partial charge in [0.1, 0.15) is 16.2 Å². The zero-order chi connectivity index (χ0) is 18.6. The topological polar surface area (TPSA) is 93.6 Å². The zero-order valence-corrected chi connectivity index (χ0v) is 15.8. The van der Waals surface area contributed by atoms with E-state index >= 15 is 0 Å². The minimum atomic E-state index is -0.778. The van der Waals surface area contributed by atoms with Gasteiger partial charge in [-0.3, -0.25) is 4.99 Å². The lowest BCUT2D eigenvalue weighted by molar-refractivity contribution is -0.270. The van der Waals surface area contributed by atoms with Crippen LogP contribution in [-0.4, -0.2) is 40.5 Å². The number of aliphatic imine (C=N–C) groups is 1. The predicted octanol–water partition coefficient (Wildman–Crippen LogP) is 3.13. The molecule has 1 saturated carbocycles. The van der Waals surface area contributed by atoms with Gasteiger partial charge < -0.3 is 15.6 Å². The van der Waals surface area contributed by atoms with Crippen LogP contribution in [0.3, 0.4) is 0 Å². The number of thiophene rings is 1. The predicted molar refractivity (Wildman–Crippen MR) is 107 cm³/mol. The van der Waals surface area contributed by atoms with E-state index < -0.39 is 5.60 Å². The Morgan fingerprint density at radius 3 is 2.85 bits per heavy atom. The SMILES string of the molecule is CN=Cc1cc(-c2ccc3cc(C4(O)CC5(CCO5)C4)sc3n2)cnc1N. The van der Waals surface area contributed by atoms with E-state index in [1.165, 1.54) is 0 Å². The van der Waals surface area contributed by atoms with E-state index in [0.717, 1.165) is 44.9 Å². The Labute approximate surface area is 160 Å². The van der Waals surface area contributed by atoms with Gasteiger partial charge in [0.2, 0.25) is 0 Å². The number of hydrogen-bond donors (Lipinski definition) is 2. The van der Waals surface area contributed by atoms with Crippen molar-refractivity contribution in [2.45, 2.75) is 30.5 Å². The third-order valence-corrected chi connectivity index (χ3v) is 6.79. The Kier molecular flexibility index (Phi) is 3.62. The maximum Gasteiger partial charge on any atom is 0.132 e. The number of ether oxygens (including phenoxy) is 1. The van der Waals surface area contributed by atoms with Crippen molar-refractivity contribution in [1.29, 1.82) is 0 Å². The standard InChI is InChI=1S/C20H20N4O2S/c1-22-8-14-6-13(9-23-17(14)21)15-3-2-12-7-16(27-18(12)24-15)20(25)10-19(11-20)4-5-26-19/h2-3,6-9,25H,4-5,10-11H2,1H3,(H2,21,23). The third kappa shape index (κ3) is 2.65. The molecular weight excluding hydrogens is 360 g/mol. The number of fused-ring (bicyclic) bond motifs is 1. The van der Waals surface area contributed by atoms with Crippen molar-refractivity contribution >= 4 is 33.6 Å². The molecule has 27 heavy (non-hydrogen) atoms. The lowest BCUT2D eigenvalue weighted by atomic mass is 9.63. The molecule has 2 fully saturated rings. The summed E-state index contributed by atoms with van der Waals surface area (Å²) >= 11 is 1.55. The molecule has 6 nitrogen and oxygen atoms in total. The van der Waals surface area contributed by atoms with Crippen molar-refractivity contribution < 1.29 is 9.84 Å². The molecule has 3 aromatic heterocycles. The molecule has 1 spiro atoms. The lowest BCUT2D eigenvalue weighted by Crippen LogP contribution is -2.61. The highest BCUT2D eigenvalue weighted by atomic mass is 32.1. The molecule has 0 bridgehead atoms. The minimum Gasteiger partial charge on any atom is -0.384 e. The van der Waals surface area contributed by atoms with Crippen molar-refractivity contribution in [3.63, 3.8) is 0 Å². The first-order chi connectivity index (χ1) is 13.0. The van der Waals surface area contributed by atoms with Crippen LogP contribution in [-0.2, 0) is 10.3 Å². The first kappa shape index (κ1) is 16.8. The van der Waals surface area contributed by atoms with E-state index in [2.05, 4.69) is 16.0 Å². The number of aromatic nitrogens is 2. The Balaban J connectivity index is 1.49. The van der Waals surface area contributed by atoms with Gasteiger partial charge in [0, 0.05) is 60.1 Å². The molecule has 0 unspecified atom stereocenters. The van der Waals surface area contributed by atoms with Crippen LogP contribution in [0.1, 0.15) is 29.7 Å². The van der Waals surface area contributed by atoms with Gasteiger partial charge in [0.15, 0.2) is 0 Å². The van der Waals surface area contributed by atoms with Crippen molar-refractivity contribution in [3.05, 3.63) is 40.9 Å². The van der Waals surface area contributed by atoms with Crippen molar-refractivity contribution in [2.24, 2.45) is 4.99 Å². The fourth-order valence-electron chi connectivity index (χ4n) is 4.04. The molecule has 1 aliphatic carbocycles. The van der Waals surface area contributed by atoms with E-state index in [-0.39, 0.29) is 5.60 Å². The average molecular weight is 380 g/mol. The summed E-state index contributed by atoms with van der Waals surface area (Å²) in [6, 6.07) is 8.01. The second-order valence-electron chi connectivity index (χ2n) is 7.45. The number of hydrogen-bond acceptors (Lipinski definition) is 7. The van der Waals surface area contributed by atoms with E-state index in [1.807, 2.05) is 18.2 Å². The Hall–Kier alpha value is -2.35. The Bertz CT molecular complexity index is 1060. The van der Waals surface area contributed by atoms with Crippen molar-refractivity contribution in [2.75, 3.05) is 19.4 Å². The van der Waals surface area contributed by atoms with E-state index in [0.29, 0.717) is 18.7 Å². The summed E-state index contributed by atoms with van der Waals surface area (Å²) in [5.41, 5.74) is 7.54. The number of anilines is 1. The summed E-state index contributed by atoms with van der Waals surface area (Å²) in [7, 11) is 1.70. The van der Waals surface area contributed by atoms with Crippen LogP contribution in [0.15, 0.2) is 35.5 Å². The highest BCUT2D eigenvalue weighted by molar-refractivity contribution is 7.18. The number of aliphatic hydroxyl groups is 1. The Morgan fingerprint density at radius 1 is 1.33 bits per heavy atom. The first-order valence-electron chi connectivity index (χ1n) is 8.96. The van der Waals surface area contributed by atoms with Gasteiger partial charge in [-0.2, -0.15) is 0 Å². The minimum absolute atomic E-state index is 0.0730. The van der Waals surface area contributed by atoms with Gasteiger partial charge in [-0.25, -0.2) is 9.97 Å². The molecule has 0 atom stereocenters. The van der Waals surface area contributed by atoms with Gasteiger partial charge in [-0.1, -0.05) is 0 Å². The molecule has 138 valence electrons. The molecule has 7 heteroatoms. The average Bonchev–Trinajstić information content (AvgIpc) is 3.03. The third-order valence-electron chi connectivity index (χ3n) is 5.55. The quantitative estimate of drug-likeness (QED) is 0.681. The summed E-state index contributed by atoms with van der Waals surface area (Å²) in [4.78, 5) is 14.9. The van der Waals surface area contributed by atoms with E-state index in [4.69, 9.17) is 15.5 Å². The summed E-state index contributed by atoms with van der Waals surface area (Å²) in [6.07, 6.45) is 5.83. The fraction of sp³-hybridized carbons (Fsp3) is 0.350. The van der Waals surface area contributed by atoms with Gasteiger partial charge in [-0.15, -0.1) is 11.3 Å². The van der Waals surface area contributed by atoms with Crippen molar-refractivity contribution in [3.8, 4) is 11.3 Å². The van der Waals surface area contributed by atoms with Crippen LogP contribution >= 0.6 is 11.3 Å². The number of nitrogens with zero attached hydrogens (tertiary/aromatic N) is 3. The molecule has 4 heterocycles. The summed E-state index contributed by atoms with van der Waals surface area (Å²) in [5, 5.41) is 12.0. The zero-order valence-electron chi connectivity index (χ0n) is 15.0. The Morgan fingerprint density at radius 2 is 2.15 bits per heavy atom. The molecule has 2 aliphatic rings. The molecule has 1 saturated heterocycles. The molecule has 3 aromatic rings. The molecular formula is C20H20N4O2S. The molecule has 3 N–H and O–H groups in total. The van der Waals surface area contributed by atoms with Gasteiger partial charge >= 0.3 is 0 Å². The monoisotopic (exact) mass is 380 g/mol. The summed E-state index contributed by atoms with van der Waals surface area (Å²) < 4.78 is 5.66. The van der Waals surface area contributed by atoms with Crippen LogP contribution in [0, 0.1) is 0 Å². The van der Waals surface area contributed by atoms with Gasteiger partial charge in [0.25, 0.3) is 0 Å². The van der Waals surface area contributed by atoms with E-state index in [9.17, 15) is 5.11 Å². The highest BCUT2D eigenvalue weighted by Crippen LogP contribution is 2.57. The number of nitrogens with two attached hydrogens (primary N) is 1. The molecule has 5 rings (SSSR count). The maximum absolute atomic E-state index is 11.0. The number of rotatable bonds is 3. The number of pyridine rings is 2. The molecule has 0 amide bonds. The largest absolute Gasteiger partial charge is 0.384 e. The maximum atomic E-state index is 11.0. The molecule has 1 aliphatic heterocycles.